The molecule has 0 saturated carbocycles. The minimum absolute atomic E-state index is 0.163. The van der Waals surface area contributed by atoms with Gasteiger partial charge in [-0.15, -0.1) is 11.3 Å². The van der Waals surface area contributed by atoms with Crippen molar-refractivity contribution in [3.8, 4) is 0 Å². The van der Waals surface area contributed by atoms with Crippen LogP contribution in [-0.4, -0.2) is 17.0 Å². The molecule has 0 aliphatic rings. The largest absolute Gasteiger partial charge is 0.433 e. The fourth-order valence-electron chi connectivity index (χ4n) is 1.16. The standard InChI is InChI=1S/C10H6ClN3O4S/c11-8-3-2-7(19-8)10(15)13-12-5-6-1-4-9(18-6)14(16)17/h1-5H,(H,13,15). The molecule has 0 bridgehead atoms. The van der Waals surface area contributed by atoms with Crippen LogP contribution in [0.25, 0.3) is 0 Å². The third-order valence-corrected chi connectivity index (χ3v) is 3.18. The van der Waals surface area contributed by atoms with E-state index in [0.717, 1.165) is 11.3 Å². The number of thiophene rings is 1. The molecule has 0 atom stereocenters. The predicted molar refractivity (Wildman–Crippen MR) is 69.8 cm³/mol. The molecule has 0 spiro atoms. The summed E-state index contributed by atoms with van der Waals surface area (Å²) < 4.78 is 5.31. The van der Waals surface area contributed by atoms with Crippen molar-refractivity contribution in [3.05, 3.63) is 49.4 Å². The summed E-state index contributed by atoms with van der Waals surface area (Å²) in [7, 11) is 0. The molecule has 7 nitrogen and oxygen atoms in total. The van der Waals surface area contributed by atoms with Gasteiger partial charge in [-0.1, -0.05) is 11.6 Å². The Hall–Kier alpha value is -2.19. The molecule has 1 amide bonds. The smallest absolute Gasteiger partial charge is 0.400 e. The number of hydrogen-bond donors (Lipinski definition) is 1. The summed E-state index contributed by atoms with van der Waals surface area (Å²) in [6, 6.07) is 5.73. The lowest BCUT2D eigenvalue weighted by molar-refractivity contribution is -0.402. The van der Waals surface area contributed by atoms with E-state index in [9.17, 15) is 14.9 Å². The van der Waals surface area contributed by atoms with Gasteiger partial charge in [0.2, 0.25) is 0 Å². The van der Waals surface area contributed by atoms with E-state index in [1.54, 1.807) is 12.1 Å². The van der Waals surface area contributed by atoms with Gasteiger partial charge in [-0.05, 0) is 18.2 Å². The second-order valence-electron chi connectivity index (χ2n) is 3.24. The van der Waals surface area contributed by atoms with Crippen LogP contribution in [0, 0.1) is 10.1 Å². The molecule has 2 rings (SSSR count). The summed E-state index contributed by atoms with van der Waals surface area (Å²) in [6.07, 6.45) is 1.17. The summed E-state index contributed by atoms with van der Waals surface area (Å²) in [5, 5.41) is 14.0. The monoisotopic (exact) mass is 299 g/mol. The minimum atomic E-state index is -0.663. The Morgan fingerprint density at radius 1 is 1.47 bits per heavy atom. The quantitative estimate of drug-likeness (QED) is 0.533. The molecular formula is C10H6ClN3O4S. The molecule has 2 aromatic heterocycles. The number of hydrogen-bond acceptors (Lipinski definition) is 6. The number of halogens is 1. The molecule has 9 heteroatoms. The van der Waals surface area contributed by atoms with Gasteiger partial charge in [0.05, 0.1) is 21.5 Å². The highest BCUT2D eigenvalue weighted by atomic mass is 35.5. The fourth-order valence-corrected chi connectivity index (χ4v) is 2.09. The van der Waals surface area contributed by atoms with E-state index in [2.05, 4.69) is 10.5 Å². The Kier molecular flexibility index (Phi) is 3.93. The molecule has 2 aromatic rings. The van der Waals surface area contributed by atoms with Gasteiger partial charge in [0.15, 0.2) is 5.76 Å². The van der Waals surface area contributed by atoms with Crippen molar-refractivity contribution in [1.29, 1.82) is 0 Å². The van der Waals surface area contributed by atoms with Gasteiger partial charge in [-0.25, -0.2) is 5.43 Å². The molecule has 0 unspecified atom stereocenters. The highest BCUT2D eigenvalue weighted by Gasteiger charge is 2.10. The molecule has 19 heavy (non-hydrogen) atoms. The maximum absolute atomic E-state index is 11.5. The normalized spacial score (nSPS) is 10.8. The lowest BCUT2D eigenvalue weighted by Crippen LogP contribution is -2.15. The number of rotatable bonds is 4. The number of amides is 1. The Morgan fingerprint density at radius 3 is 2.84 bits per heavy atom. The van der Waals surface area contributed by atoms with E-state index in [-0.39, 0.29) is 5.76 Å². The van der Waals surface area contributed by atoms with Crippen molar-refractivity contribution in [2.45, 2.75) is 0 Å². The van der Waals surface area contributed by atoms with Crippen molar-refractivity contribution in [2.75, 3.05) is 0 Å². The second-order valence-corrected chi connectivity index (χ2v) is 4.95. The Morgan fingerprint density at radius 2 is 2.26 bits per heavy atom. The van der Waals surface area contributed by atoms with Crippen LogP contribution in [0.3, 0.4) is 0 Å². The van der Waals surface area contributed by atoms with E-state index < -0.39 is 16.7 Å². The average molecular weight is 300 g/mol. The van der Waals surface area contributed by atoms with Crippen LogP contribution in [0.4, 0.5) is 5.88 Å². The molecule has 98 valence electrons. The third-order valence-electron chi connectivity index (χ3n) is 1.95. The van der Waals surface area contributed by atoms with Gasteiger partial charge in [-0.2, -0.15) is 5.10 Å². The highest BCUT2D eigenvalue weighted by Crippen LogP contribution is 2.21. The van der Waals surface area contributed by atoms with Crippen molar-refractivity contribution >= 4 is 40.9 Å². The van der Waals surface area contributed by atoms with Crippen LogP contribution < -0.4 is 5.43 Å². The zero-order valence-corrected chi connectivity index (χ0v) is 10.8. The predicted octanol–water partition coefficient (Wildman–Crippen LogP) is 2.67. The summed E-state index contributed by atoms with van der Waals surface area (Å²) in [4.78, 5) is 21.7. The number of nitrogens with zero attached hydrogens (tertiary/aromatic N) is 2. The van der Waals surface area contributed by atoms with Crippen molar-refractivity contribution in [3.63, 3.8) is 0 Å². The van der Waals surface area contributed by atoms with Crippen LogP contribution in [0.2, 0.25) is 4.34 Å². The first-order valence-electron chi connectivity index (χ1n) is 4.89. The topological polar surface area (TPSA) is 97.7 Å². The van der Waals surface area contributed by atoms with Crippen LogP contribution in [0.5, 0.6) is 0 Å². The first-order chi connectivity index (χ1) is 9.06. The van der Waals surface area contributed by atoms with Gasteiger partial charge in [0.1, 0.15) is 4.92 Å². The summed E-state index contributed by atoms with van der Waals surface area (Å²) >= 11 is 6.80. The van der Waals surface area contributed by atoms with Crippen LogP contribution in [0.15, 0.2) is 33.8 Å². The number of carbonyl (C=O) groups excluding carboxylic acids is 1. The lowest BCUT2D eigenvalue weighted by Gasteiger charge is -1.93. The molecule has 0 fully saturated rings. The molecule has 1 N–H and O–H groups in total. The Balaban J connectivity index is 1.96. The van der Waals surface area contributed by atoms with E-state index in [4.69, 9.17) is 16.0 Å². The maximum atomic E-state index is 11.5. The van der Waals surface area contributed by atoms with Crippen LogP contribution in [-0.2, 0) is 0 Å². The Bertz CT molecular complexity index is 649. The van der Waals surface area contributed by atoms with Crippen molar-refractivity contribution < 1.29 is 14.1 Å². The van der Waals surface area contributed by atoms with Gasteiger partial charge in [0.25, 0.3) is 5.91 Å². The van der Waals surface area contributed by atoms with Gasteiger partial charge < -0.3 is 4.42 Å². The third kappa shape index (κ3) is 3.39. The van der Waals surface area contributed by atoms with E-state index in [0.29, 0.717) is 9.21 Å². The van der Waals surface area contributed by atoms with Crippen LogP contribution in [0.1, 0.15) is 15.4 Å². The molecule has 0 aromatic carbocycles. The van der Waals surface area contributed by atoms with E-state index >= 15 is 0 Å². The zero-order valence-electron chi connectivity index (χ0n) is 9.20. The summed E-state index contributed by atoms with van der Waals surface area (Å²) in [6.45, 7) is 0. The highest BCUT2D eigenvalue weighted by molar-refractivity contribution is 7.17. The summed E-state index contributed by atoms with van der Waals surface area (Å²) in [5.41, 5.74) is 2.25. The SMILES string of the molecule is O=C(NN=Cc1ccc([N+](=O)[O-])o1)c1ccc(Cl)s1. The first-order valence-corrected chi connectivity index (χ1v) is 6.08. The van der Waals surface area contributed by atoms with E-state index in [1.807, 2.05) is 0 Å². The number of nitrogens with one attached hydrogen (secondary N) is 1. The van der Waals surface area contributed by atoms with Crippen molar-refractivity contribution in [2.24, 2.45) is 5.10 Å². The fraction of sp³-hybridized carbons (Fsp3) is 0. The number of nitro groups is 1. The molecular weight excluding hydrogens is 294 g/mol. The minimum Gasteiger partial charge on any atom is -0.400 e. The van der Waals surface area contributed by atoms with Crippen LogP contribution >= 0.6 is 22.9 Å². The number of furan rings is 1. The molecule has 0 aliphatic carbocycles. The molecule has 2 heterocycles. The van der Waals surface area contributed by atoms with Gasteiger partial charge in [0, 0.05) is 0 Å². The molecule has 0 aliphatic heterocycles. The number of carbonyl (C=O) groups is 1. The lowest BCUT2D eigenvalue weighted by atomic mass is 10.4. The van der Waals surface area contributed by atoms with Gasteiger partial charge in [-0.3, -0.25) is 14.9 Å². The number of hydrazone groups is 1. The second kappa shape index (κ2) is 5.63. The van der Waals surface area contributed by atoms with E-state index in [1.165, 1.54) is 18.3 Å². The first kappa shape index (κ1) is 13.2. The molecule has 0 saturated heterocycles. The average Bonchev–Trinajstić information content (AvgIpc) is 2.98. The Labute approximate surface area is 115 Å². The molecule has 0 radical (unpaired) electrons. The maximum Gasteiger partial charge on any atom is 0.433 e. The van der Waals surface area contributed by atoms with Gasteiger partial charge >= 0.3 is 5.88 Å². The zero-order chi connectivity index (χ0) is 13.8. The summed E-state index contributed by atoms with van der Waals surface area (Å²) in [5.74, 6) is -0.650. The van der Waals surface area contributed by atoms with Crippen molar-refractivity contribution in [1.82, 2.24) is 5.43 Å².